The lowest BCUT2D eigenvalue weighted by Crippen LogP contribution is -2.38. The SMILES string of the molecule is CN1CCCC(CNS(=O)(=O)c2ccc(CCO)s2)C1. The molecule has 1 aliphatic heterocycles. The molecular weight excluding hydrogens is 296 g/mol. The summed E-state index contributed by atoms with van der Waals surface area (Å²) >= 11 is 1.23. The van der Waals surface area contributed by atoms with Crippen LogP contribution in [0.15, 0.2) is 16.3 Å². The average Bonchev–Trinajstić information content (AvgIpc) is 2.87. The van der Waals surface area contributed by atoms with Gasteiger partial charge < -0.3 is 10.0 Å². The van der Waals surface area contributed by atoms with E-state index >= 15 is 0 Å². The molecule has 114 valence electrons. The molecule has 5 nitrogen and oxygen atoms in total. The summed E-state index contributed by atoms with van der Waals surface area (Å²) in [7, 11) is -1.34. The number of rotatable bonds is 6. The van der Waals surface area contributed by atoms with Crippen LogP contribution in [0.2, 0.25) is 0 Å². The van der Waals surface area contributed by atoms with Crippen LogP contribution in [0.3, 0.4) is 0 Å². The van der Waals surface area contributed by atoms with Crippen molar-refractivity contribution in [1.29, 1.82) is 0 Å². The monoisotopic (exact) mass is 318 g/mol. The summed E-state index contributed by atoms with van der Waals surface area (Å²) in [5.41, 5.74) is 0. The van der Waals surface area contributed by atoms with E-state index in [2.05, 4.69) is 16.7 Å². The van der Waals surface area contributed by atoms with E-state index in [1.54, 1.807) is 12.1 Å². The molecule has 7 heteroatoms. The first-order valence-electron chi connectivity index (χ1n) is 6.89. The molecule has 1 unspecified atom stereocenters. The third-order valence-corrected chi connectivity index (χ3v) is 6.60. The third kappa shape index (κ3) is 4.26. The normalized spacial score (nSPS) is 21.2. The van der Waals surface area contributed by atoms with Crippen molar-refractivity contribution < 1.29 is 13.5 Å². The van der Waals surface area contributed by atoms with Crippen molar-refractivity contribution in [3.05, 3.63) is 17.0 Å². The number of nitrogens with zero attached hydrogens (tertiary/aromatic N) is 1. The second-order valence-electron chi connectivity index (χ2n) is 5.32. The molecule has 20 heavy (non-hydrogen) atoms. The average molecular weight is 318 g/mol. The number of hydrogen-bond donors (Lipinski definition) is 2. The summed E-state index contributed by atoms with van der Waals surface area (Å²) < 4.78 is 27.4. The van der Waals surface area contributed by atoms with Gasteiger partial charge in [0.15, 0.2) is 0 Å². The molecular formula is C13H22N2O3S2. The van der Waals surface area contributed by atoms with Crippen molar-refractivity contribution in [1.82, 2.24) is 9.62 Å². The number of aliphatic hydroxyl groups is 1. The molecule has 0 aliphatic carbocycles. The smallest absolute Gasteiger partial charge is 0.250 e. The number of aliphatic hydroxyl groups excluding tert-OH is 1. The highest BCUT2D eigenvalue weighted by Gasteiger charge is 2.21. The largest absolute Gasteiger partial charge is 0.396 e. The van der Waals surface area contributed by atoms with Crippen molar-refractivity contribution >= 4 is 21.4 Å². The van der Waals surface area contributed by atoms with Gasteiger partial charge in [0.2, 0.25) is 10.0 Å². The molecule has 1 aromatic heterocycles. The molecule has 2 rings (SSSR count). The fourth-order valence-corrected chi connectivity index (χ4v) is 4.99. The van der Waals surface area contributed by atoms with Crippen LogP contribution in [0.5, 0.6) is 0 Å². The van der Waals surface area contributed by atoms with Gasteiger partial charge in [0.05, 0.1) is 0 Å². The quantitative estimate of drug-likeness (QED) is 0.818. The Balaban J connectivity index is 1.92. The van der Waals surface area contributed by atoms with Gasteiger partial charge >= 0.3 is 0 Å². The van der Waals surface area contributed by atoms with Crippen LogP contribution in [0.1, 0.15) is 17.7 Å². The Morgan fingerprint density at radius 1 is 1.50 bits per heavy atom. The molecule has 2 heterocycles. The van der Waals surface area contributed by atoms with Gasteiger partial charge in [-0.1, -0.05) is 0 Å². The van der Waals surface area contributed by atoms with Gasteiger partial charge in [-0.15, -0.1) is 11.3 Å². The lowest BCUT2D eigenvalue weighted by Gasteiger charge is -2.29. The van der Waals surface area contributed by atoms with Gasteiger partial charge in [-0.25, -0.2) is 13.1 Å². The van der Waals surface area contributed by atoms with E-state index in [-0.39, 0.29) is 6.61 Å². The summed E-state index contributed by atoms with van der Waals surface area (Å²) in [6.45, 7) is 2.59. The molecule has 1 aromatic rings. The van der Waals surface area contributed by atoms with E-state index in [0.29, 0.717) is 23.1 Å². The Labute approximate surface area is 124 Å². The van der Waals surface area contributed by atoms with Gasteiger partial charge in [0.1, 0.15) is 4.21 Å². The van der Waals surface area contributed by atoms with E-state index < -0.39 is 10.0 Å². The van der Waals surface area contributed by atoms with Gasteiger partial charge in [-0.05, 0) is 44.5 Å². The number of hydrogen-bond acceptors (Lipinski definition) is 5. The molecule has 1 saturated heterocycles. The minimum absolute atomic E-state index is 0.0435. The minimum atomic E-state index is -3.41. The van der Waals surface area contributed by atoms with Crippen LogP contribution in [-0.4, -0.2) is 51.7 Å². The van der Waals surface area contributed by atoms with Crippen molar-refractivity contribution in [2.45, 2.75) is 23.5 Å². The second kappa shape index (κ2) is 7.00. The van der Waals surface area contributed by atoms with Crippen LogP contribution < -0.4 is 4.72 Å². The molecule has 0 bridgehead atoms. The van der Waals surface area contributed by atoms with Gasteiger partial charge in [-0.2, -0.15) is 0 Å². The van der Waals surface area contributed by atoms with Crippen molar-refractivity contribution in [2.24, 2.45) is 5.92 Å². The summed E-state index contributed by atoms with van der Waals surface area (Å²) in [4.78, 5) is 3.14. The predicted octanol–water partition coefficient (Wildman–Crippen LogP) is 0.903. The number of piperidine rings is 1. The Morgan fingerprint density at radius 2 is 2.30 bits per heavy atom. The number of nitrogens with one attached hydrogen (secondary N) is 1. The van der Waals surface area contributed by atoms with Crippen LogP contribution in [0, 0.1) is 5.92 Å². The van der Waals surface area contributed by atoms with Crippen LogP contribution >= 0.6 is 11.3 Å². The molecule has 0 amide bonds. The molecule has 0 saturated carbocycles. The Hall–Kier alpha value is -0.470. The molecule has 1 aliphatic rings. The van der Waals surface area contributed by atoms with Gasteiger partial charge in [0.25, 0.3) is 0 Å². The van der Waals surface area contributed by atoms with Gasteiger partial charge in [0, 0.05) is 31.0 Å². The van der Waals surface area contributed by atoms with E-state index in [4.69, 9.17) is 5.11 Å². The number of thiophene rings is 1. The van der Waals surface area contributed by atoms with E-state index in [1.165, 1.54) is 11.3 Å². The number of likely N-dealkylation sites (tertiary alicyclic amines) is 1. The highest BCUT2D eigenvalue weighted by molar-refractivity contribution is 7.91. The zero-order chi connectivity index (χ0) is 14.6. The third-order valence-electron chi connectivity index (χ3n) is 3.54. The van der Waals surface area contributed by atoms with E-state index in [0.717, 1.165) is 30.8 Å². The molecule has 0 spiro atoms. The zero-order valence-electron chi connectivity index (χ0n) is 11.7. The Bertz CT molecular complexity index is 527. The summed E-state index contributed by atoms with van der Waals surface area (Å²) in [6.07, 6.45) is 2.71. The first-order chi connectivity index (χ1) is 9.51. The Kier molecular flexibility index (Phi) is 5.57. The summed E-state index contributed by atoms with van der Waals surface area (Å²) in [5.74, 6) is 0.389. The Morgan fingerprint density at radius 3 is 3.00 bits per heavy atom. The molecule has 0 radical (unpaired) electrons. The fourth-order valence-electron chi connectivity index (χ4n) is 2.49. The number of sulfonamides is 1. The van der Waals surface area contributed by atoms with Crippen molar-refractivity contribution in [2.75, 3.05) is 33.3 Å². The maximum absolute atomic E-state index is 12.2. The summed E-state index contributed by atoms with van der Waals surface area (Å²) in [6, 6.07) is 3.38. The second-order valence-corrected chi connectivity index (χ2v) is 8.48. The van der Waals surface area contributed by atoms with E-state index in [1.807, 2.05) is 0 Å². The van der Waals surface area contributed by atoms with Crippen LogP contribution in [0.25, 0.3) is 0 Å². The minimum Gasteiger partial charge on any atom is -0.396 e. The highest BCUT2D eigenvalue weighted by atomic mass is 32.2. The predicted molar refractivity (Wildman–Crippen MR) is 80.5 cm³/mol. The first kappa shape index (κ1) is 15.9. The molecule has 2 N–H and O–H groups in total. The topological polar surface area (TPSA) is 69.6 Å². The molecule has 1 fully saturated rings. The lowest BCUT2D eigenvalue weighted by molar-refractivity contribution is 0.211. The molecule has 0 aromatic carbocycles. The van der Waals surface area contributed by atoms with Crippen LogP contribution in [-0.2, 0) is 16.4 Å². The zero-order valence-corrected chi connectivity index (χ0v) is 13.3. The highest BCUT2D eigenvalue weighted by Crippen LogP contribution is 2.22. The van der Waals surface area contributed by atoms with Crippen LogP contribution in [0.4, 0.5) is 0 Å². The van der Waals surface area contributed by atoms with E-state index in [9.17, 15) is 8.42 Å². The molecule has 1 atom stereocenters. The fraction of sp³-hybridized carbons (Fsp3) is 0.692. The maximum atomic E-state index is 12.2. The van der Waals surface area contributed by atoms with Crippen molar-refractivity contribution in [3.63, 3.8) is 0 Å². The van der Waals surface area contributed by atoms with Crippen molar-refractivity contribution in [3.8, 4) is 0 Å². The summed E-state index contributed by atoms with van der Waals surface area (Å²) in [5, 5.41) is 8.87. The van der Waals surface area contributed by atoms with Gasteiger partial charge in [-0.3, -0.25) is 0 Å². The maximum Gasteiger partial charge on any atom is 0.250 e. The standard InChI is InChI=1S/C13H22N2O3S2/c1-15-7-2-3-11(10-15)9-14-20(17,18)13-5-4-12(19-13)6-8-16/h4-5,11,14,16H,2-3,6-10H2,1H3. The first-order valence-corrected chi connectivity index (χ1v) is 9.19. The lowest BCUT2D eigenvalue weighted by atomic mass is 9.99.